The SMILES string of the molecule is CCOc1nc(NN)nc(OCCC2CC2)n1. The van der Waals surface area contributed by atoms with Crippen molar-refractivity contribution in [3.8, 4) is 12.0 Å². The minimum absolute atomic E-state index is 0.219. The fourth-order valence-corrected chi connectivity index (χ4v) is 1.38. The largest absolute Gasteiger partial charge is 0.464 e. The molecule has 0 unspecified atom stereocenters. The summed E-state index contributed by atoms with van der Waals surface area (Å²) in [5, 5.41) is 0. The molecule has 1 heterocycles. The summed E-state index contributed by atoms with van der Waals surface area (Å²) >= 11 is 0. The number of nitrogen functional groups attached to an aromatic ring is 1. The third-order valence-electron chi connectivity index (χ3n) is 2.45. The zero-order valence-corrected chi connectivity index (χ0v) is 9.85. The zero-order valence-electron chi connectivity index (χ0n) is 9.85. The highest BCUT2D eigenvalue weighted by molar-refractivity contribution is 5.25. The minimum Gasteiger partial charge on any atom is -0.464 e. The average Bonchev–Trinajstić information content (AvgIpc) is 3.13. The van der Waals surface area contributed by atoms with Crippen LogP contribution in [-0.2, 0) is 0 Å². The molecular weight excluding hydrogens is 222 g/mol. The summed E-state index contributed by atoms with van der Waals surface area (Å²) in [4.78, 5) is 12.0. The van der Waals surface area contributed by atoms with Crippen LogP contribution in [0.1, 0.15) is 26.2 Å². The van der Waals surface area contributed by atoms with Gasteiger partial charge in [0.15, 0.2) is 0 Å². The molecule has 7 heteroatoms. The van der Waals surface area contributed by atoms with Gasteiger partial charge in [-0.25, -0.2) is 5.84 Å². The van der Waals surface area contributed by atoms with Crippen LogP contribution in [0.5, 0.6) is 12.0 Å². The first-order valence-electron chi connectivity index (χ1n) is 5.80. The first-order chi connectivity index (χ1) is 8.31. The van der Waals surface area contributed by atoms with Crippen LogP contribution < -0.4 is 20.7 Å². The normalized spacial score (nSPS) is 14.5. The Bertz CT molecular complexity index is 370. The average molecular weight is 239 g/mol. The Morgan fingerprint density at radius 1 is 1.24 bits per heavy atom. The van der Waals surface area contributed by atoms with Crippen molar-refractivity contribution >= 4 is 5.95 Å². The molecule has 0 spiro atoms. The van der Waals surface area contributed by atoms with E-state index in [0.717, 1.165) is 12.3 Å². The highest BCUT2D eigenvalue weighted by Gasteiger charge is 2.21. The predicted octanol–water partition coefficient (Wildman–Crippen LogP) is 0.735. The van der Waals surface area contributed by atoms with Crippen LogP contribution in [0.15, 0.2) is 0 Å². The standard InChI is InChI=1S/C10H17N5O2/c1-2-16-9-12-8(15-11)13-10(14-9)17-6-5-7-3-4-7/h7H,2-6,11H2,1H3,(H,12,13,14,15). The fourth-order valence-electron chi connectivity index (χ4n) is 1.38. The van der Waals surface area contributed by atoms with E-state index < -0.39 is 0 Å². The molecule has 17 heavy (non-hydrogen) atoms. The molecule has 0 atom stereocenters. The summed E-state index contributed by atoms with van der Waals surface area (Å²) in [6.07, 6.45) is 3.65. The second kappa shape index (κ2) is 5.62. The lowest BCUT2D eigenvalue weighted by Gasteiger charge is -2.07. The Labute approximate surface area is 99.7 Å². The highest BCUT2D eigenvalue weighted by atomic mass is 16.5. The van der Waals surface area contributed by atoms with Gasteiger partial charge in [0.25, 0.3) is 0 Å². The topological polar surface area (TPSA) is 95.2 Å². The molecule has 0 aromatic carbocycles. The summed E-state index contributed by atoms with van der Waals surface area (Å²) < 4.78 is 10.6. The first-order valence-corrected chi connectivity index (χ1v) is 5.80. The van der Waals surface area contributed by atoms with Crippen LogP contribution in [0.2, 0.25) is 0 Å². The molecule has 1 aliphatic carbocycles. The molecule has 0 amide bonds. The molecule has 1 saturated carbocycles. The number of hydrogen-bond acceptors (Lipinski definition) is 7. The molecule has 0 radical (unpaired) electrons. The van der Waals surface area contributed by atoms with E-state index in [2.05, 4.69) is 20.4 Å². The maximum absolute atomic E-state index is 5.45. The smallest absolute Gasteiger partial charge is 0.324 e. The van der Waals surface area contributed by atoms with Crippen molar-refractivity contribution < 1.29 is 9.47 Å². The molecule has 1 fully saturated rings. The molecule has 1 aromatic heterocycles. The molecule has 3 N–H and O–H groups in total. The highest BCUT2D eigenvalue weighted by Crippen LogP contribution is 2.32. The third kappa shape index (κ3) is 3.70. The van der Waals surface area contributed by atoms with Crippen molar-refractivity contribution in [3.63, 3.8) is 0 Å². The second-order valence-corrected chi connectivity index (χ2v) is 3.88. The molecule has 94 valence electrons. The van der Waals surface area contributed by atoms with Gasteiger partial charge in [-0.3, -0.25) is 5.43 Å². The number of ether oxygens (including phenoxy) is 2. The van der Waals surface area contributed by atoms with E-state index in [1.54, 1.807) is 0 Å². The molecule has 2 rings (SSSR count). The summed E-state index contributed by atoms with van der Waals surface area (Å²) in [5.74, 6) is 6.31. The lowest BCUT2D eigenvalue weighted by atomic mass is 10.3. The van der Waals surface area contributed by atoms with Crippen molar-refractivity contribution in [1.82, 2.24) is 15.0 Å². The first kappa shape index (κ1) is 11.8. The molecule has 0 bridgehead atoms. The number of nitrogens with zero attached hydrogens (tertiary/aromatic N) is 3. The van der Waals surface area contributed by atoms with E-state index in [1.807, 2.05) is 6.92 Å². The number of nitrogens with one attached hydrogen (secondary N) is 1. The maximum Gasteiger partial charge on any atom is 0.324 e. The summed E-state index contributed by atoms with van der Waals surface area (Å²) in [6, 6.07) is 0.467. The van der Waals surface area contributed by atoms with Crippen LogP contribution in [0.3, 0.4) is 0 Å². The van der Waals surface area contributed by atoms with Gasteiger partial charge < -0.3 is 9.47 Å². The fraction of sp³-hybridized carbons (Fsp3) is 0.700. The quantitative estimate of drug-likeness (QED) is 0.535. The van der Waals surface area contributed by atoms with Crippen LogP contribution in [-0.4, -0.2) is 28.2 Å². The van der Waals surface area contributed by atoms with Crippen LogP contribution >= 0.6 is 0 Å². The Balaban J connectivity index is 1.94. The van der Waals surface area contributed by atoms with Gasteiger partial charge in [-0.2, -0.15) is 9.97 Å². The number of hydrazine groups is 1. The Morgan fingerprint density at radius 3 is 2.53 bits per heavy atom. The van der Waals surface area contributed by atoms with Crippen molar-refractivity contribution in [2.75, 3.05) is 18.6 Å². The van der Waals surface area contributed by atoms with Crippen molar-refractivity contribution in [3.05, 3.63) is 0 Å². The Hall–Kier alpha value is -1.63. The minimum atomic E-state index is 0.219. The molecule has 1 aliphatic rings. The van der Waals surface area contributed by atoms with Gasteiger partial charge in [-0.1, -0.05) is 12.8 Å². The lowest BCUT2D eigenvalue weighted by Crippen LogP contribution is -2.13. The van der Waals surface area contributed by atoms with Gasteiger partial charge in [0.05, 0.1) is 13.2 Å². The summed E-state index contributed by atoms with van der Waals surface area (Å²) in [5.41, 5.74) is 2.36. The zero-order chi connectivity index (χ0) is 12.1. The lowest BCUT2D eigenvalue weighted by molar-refractivity contribution is 0.262. The molecular formula is C10H17N5O2. The van der Waals surface area contributed by atoms with Gasteiger partial charge in [0.2, 0.25) is 5.95 Å². The number of aromatic nitrogens is 3. The van der Waals surface area contributed by atoms with Gasteiger partial charge in [-0.05, 0) is 19.3 Å². The molecule has 7 nitrogen and oxygen atoms in total. The van der Waals surface area contributed by atoms with E-state index in [9.17, 15) is 0 Å². The van der Waals surface area contributed by atoms with E-state index in [-0.39, 0.29) is 18.0 Å². The number of hydrogen-bond donors (Lipinski definition) is 2. The van der Waals surface area contributed by atoms with E-state index in [4.69, 9.17) is 15.3 Å². The third-order valence-corrected chi connectivity index (χ3v) is 2.45. The van der Waals surface area contributed by atoms with Gasteiger partial charge in [-0.15, -0.1) is 4.98 Å². The van der Waals surface area contributed by atoms with Crippen LogP contribution in [0.25, 0.3) is 0 Å². The van der Waals surface area contributed by atoms with Crippen LogP contribution in [0.4, 0.5) is 5.95 Å². The number of anilines is 1. The van der Waals surface area contributed by atoms with Crippen molar-refractivity contribution in [2.24, 2.45) is 11.8 Å². The second-order valence-electron chi connectivity index (χ2n) is 3.88. The summed E-state index contributed by atoms with van der Waals surface area (Å²) in [6.45, 7) is 2.95. The van der Waals surface area contributed by atoms with Crippen molar-refractivity contribution in [2.45, 2.75) is 26.2 Å². The Morgan fingerprint density at radius 2 is 1.94 bits per heavy atom. The molecule has 0 saturated heterocycles. The maximum atomic E-state index is 5.45. The molecule has 1 aromatic rings. The van der Waals surface area contributed by atoms with Gasteiger partial charge in [0.1, 0.15) is 0 Å². The monoisotopic (exact) mass is 239 g/mol. The van der Waals surface area contributed by atoms with Crippen molar-refractivity contribution in [1.29, 1.82) is 0 Å². The predicted molar refractivity (Wildman–Crippen MR) is 61.6 cm³/mol. The van der Waals surface area contributed by atoms with E-state index in [1.165, 1.54) is 12.8 Å². The van der Waals surface area contributed by atoms with E-state index >= 15 is 0 Å². The molecule has 0 aliphatic heterocycles. The number of rotatable bonds is 7. The Kier molecular flexibility index (Phi) is 3.92. The van der Waals surface area contributed by atoms with Gasteiger partial charge >= 0.3 is 12.0 Å². The summed E-state index contributed by atoms with van der Waals surface area (Å²) in [7, 11) is 0. The van der Waals surface area contributed by atoms with E-state index in [0.29, 0.717) is 13.2 Å². The van der Waals surface area contributed by atoms with Gasteiger partial charge in [0, 0.05) is 0 Å². The van der Waals surface area contributed by atoms with Crippen LogP contribution in [0, 0.1) is 5.92 Å². The number of nitrogens with two attached hydrogens (primary N) is 1.